The van der Waals surface area contributed by atoms with E-state index in [1.54, 1.807) is 24.3 Å². The van der Waals surface area contributed by atoms with E-state index >= 15 is 0 Å². The van der Waals surface area contributed by atoms with Crippen LogP contribution in [0.2, 0.25) is 0 Å². The van der Waals surface area contributed by atoms with Gasteiger partial charge in [-0.05, 0) is 6.92 Å². The van der Waals surface area contributed by atoms with Crippen molar-refractivity contribution in [3.05, 3.63) is 48.6 Å². The molecule has 0 unspecified atom stereocenters. The van der Waals surface area contributed by atoms with Crippen LogP contribution in [0.5, 0.6) is 0 Å². The van der Waals surface area contributed by atoms with Crippen molar-refractivity contribution < 1.29 is 19.1 Å². The van der Waals surface area contributed by atoms with E-state index in [-0.39, 0.29) is 25.2 Å². The molecule has 1 aliphatic rings. The van der Waals surface area contributed by atoms with Crippen molar-refractivity contribution in [1.82, 2.24) is 4.90 Å². The van der Waals surface area contributed by atoms with Gasteiger partial charge in [0.25, 0.3) is 5.91 Å². The van der Waals surface area contributed by atoms with Gasteiger partial charge in [0.2, 0.25) is 5.60 Å². The number of cyclic esters (lactones) is 1. The van der Waals surface area contributed by atoms with Crippen molar-refractivity contribution in [1.29, 1.82) is 0 Å². The molecule has 0 aliphatic carbocycles. The summed E-state index contributed by atoms with van der Waals surface area (Å²) in [6.07, 6.45) is 1.07. The number of ether oxygens (including phenoxy) is 1. The predicted molar refractivity (Wildman–Crippen MR) is 76.4 cm³/mol. The number of hydrogen-bond donors (Lipinski definition) is 0. The second kappa shape index (κ2) is 5.91. The monoisotopic (exact) mass is 287 g/mol. The third kappa shape index (κ3) is 2.72. The van der Waals surface area contributed by atoms with Crippen LogP contribution in [0.4, 0.5) is 4.79 Å². The number of rotatable bonds is 6. The lowest BCUT2D eigenvalue weighted by atomic mass is 9.87. The number of amides is 2. The Kier molecular flexibility index (Phi) is 4.21. The van der Waals surface area contributed by atoms with Gasteiger partial charge in [0.05, 0.1) is 0 Å². The molecule has 0 spiro atoms. The average molecular weight is 287 g/mol. The number of carbonyl (C=O) groups excluding carboxylic acids is 3. The smallest absolute Gasteiger partial charge is 0.418 e. The van der Waals surface area contributed by atoms with E-state index in [0.717, 1.165) is 4.90 Å². The Morgan fingerprint density at radius 3 is 2.57 bits per heavy atom. The molecule has 0 bridgehead atoms. The summed E-state index contributed by atoms with van der Waals surface area (Å²) in [7, 11) is 0. The Morgan fingerprint density at radius 2 is 2.00 bits per heavy atom. The van der Waals surface area contributed by atoms with Crippen molar-refractivity contribution in [2.24, 2.45) is 0 Å². The Labute approximate surface area is 123 Å². The summed E-state index contributed by atoms with van der Waals surface area (Å²) in [6, 6.07) is 8.79. The van der Waals surface area contributed by atoms with Crippen LogP contribution >= 0.6 is 0 Å². The van der Waals surface area contributed by atoms with Gasteiger partial charge in [0.1, 0.15) is 5.78 Å². The lowest BCUT2D eigenvalue weighted by Gasteiger charge is -2.25. The SMILES string of the molecule is C=CCN1C(=O)O[C@](CCC(C)=O)(c2ccccc2)C1=O. The van der Waals surface area contributed by atoms with E-state index in [1.165, 1.54) is 13.0 Å². The van der Waals surface area contributed by atoms with E-state index in [1.807, 2.05) is 6.07 Å². The molecule has 1 atom stereocenters. The van der Waals surface area contributed by atoms with Crippen molar-refractivity contribution in [3.63, 3.8) is 0 Å². The molecule has 1 aromatic carbocycles. The highest BCUT2D eigenvalue weighted by molar-refractivity contribution is 6.03. The van der Waals surface area contributed by atoms with Gasteiger partial charge >= 0.3 is 6.09 Å². The fourth-order valence-corrected chi connectivity index (χ4v) is 2.38. The molecule has 1 fully saturated rings. The maximum absolute atomic E-state index is 12.7. The Hall–Kier alpha value is -2.43. The number of benzene rings is 1. The van der Waals surface area contributed by atoms with E-state index in [9.17, 15) is 14.4 Å². The quantitative estimate of drug-likeness (QED) is 0.754. The second-order valence-electron chi connectivity index (χ2n) is 4.97. The third-order valence-corrected chi connectivity index (χ3v) is 3.45. The third-order valence-electron chi connectivity index (χ3n) is 3.45. The van der Waals surface area contributed by atoms with E-state index < -0.39 is 17.6 Å². The van der Waals surface area contributed by atoms with Crippen molar-refractivity contribution in [2.75, 3.05) is 6.54 Å². The maximum atomic E-state index is 12.7. The van der Waals surface area contributed by atoms with Crippen molar-refractivity contribution in [2.45, 2.75) is 25.4 Å². The Balaban J connectivity index is 2.42. The van der Waals surface area contributed by atoms with Gasteiger partial charge in [-0.2, -0.15) is 0 Å². The lowest BCUT2D eigenvalue weighted by molar-refractivity contribution is -0.138. The zero-order chi connectivity index (χ0) is 15.5. The molecule has 2 rings (SSSR count). The highest BCUT2D eigenvalue weighted by Gasteiger charge is 2.54. The minimum absolute atomic E-state index is 0.0590. The average Bonchev–Trinajstić information content (AvgIpc) is 2.72. The number of Topliss-reactive ketones (excluding diaryl/α,β-unsaturated/α-hetero) is 1. The van der Waals surface area contributed by atoms with Crippen LogP contribution in [0.1, 0.15) is 25.3 Å². The minimum Gasteiger partial charge on any atom is -0.427 e. The van der Waals surface area contributed by atoms with Gasteiger partial charge in [-0.3, -0.25) is 4.79 Å². The molecule has 2 amide bonds. The van der Waals surface area contributed by atoms with E-state index in [0.29, 0.717) is 5.56 Å². The maximum Gasteiger partial charge on any atom is 0.418 e. The van der Waals surface area contributed by atoms with Crippen LogP contribution in [-0.4, -0.2) is 29.2 Å². The summed E-state index contributed by atoms with van der Waals surface area (Å²) in [5.41, 5.74) is -0.830. The molecule has 21 heavy (non-hydrogen) atoms. The zero-order valence-corrected chi connectivity index (χ0v) is 11.9. The summed E-state index contributed by atoms with van der Waals surface area (Å²) in [5.74, 6) is -0.504. The molecule has 1 aliphatic heterocycles. The molecule has 1 aromatic rings. The number of hydrogen-bond acceptors (Lipinski definition) is 4. The minimum atomic E-state index is -1.41. The molecule has 0 saturated carbocycles. The van der Waals surface area contributed by atoms with Gasteiger partial charge in [0, 0.05) is 24.9 Å². The summed E-state index contributed by atoms with van der Waals surface area (Å²) >= 11 is 0. The zero-order valence-electron chi connectivity index (χ0n) is 11.9. The summed E-state index contributed by atoms with van der Waals surface area (Å²) < 4.78 is 5.40. The first-order valence-corrected chi connectivity index (χ1v) is 6.72. The van der Waals surface area contributed by atoms with E-state index in [2.05, 4.69) is 6.58 Å². The summed E-state index contributed by atoms with van der Waals surface area (Å²) in [4.78, 5) is 36.9. The number of carbonyl (C=O) groups is 3. The summed E-state index contributed by atoms with van der Waals surface area (Å²) in [6.45, 7) is 5.07. The van der Waals surface area contributed by atoms with E-state index in [4.69, 9.17) is 4.74 Å². The highest BCUT2D eigenvalue weighted by Crippen LogP contribution is 2.38. The number of nitrogens with zero attached hydrogens (tertiary/aromatic N) is 1. The largest absolute Gasteiger partial charge is 0.427 e. The van der Waals surface area contributed by atoms with Gasteiger partial charge in [-0.25, -0.2) is 9.69 Å². The van der Waals surface area contributed by atoms with Crippen LogP contribution in [0.3, 0.4) is 0 Å². The molecule has 1 saturated heterocycles. The first-order valence-electron chi connectivity index (χ1n) is 6.72. The molecule has 0 N–H and O–H groups in total. The standard InChI is InChI=1S/C16H17NO4/c1-3-11-17-14(19)16(21-15(17)20,10-9-12(2)18)13-7-5-4-6-8-13/h3-8H,1,9-11H2,2H3/t16-/m1/s1. The predicted octanol–water partition coefficient (Wildman–Crippen LogP) is 2.42. The van der Waals surface area contributed by atoms with Gasteiger partial charge in [-0.1, -0.05) is 36.4 Å². The van der Waals surface area contributed by atoms with Crippen LogP contribution in [-0.2, 0) is 19.9 Å². The second-order valence-corrected chi connectivity index (χ2v) is 4.97. The fourth-order valence-electron chi connectivity index (χ4n) is 2.38. The van der Waals surface area contributed by atoms with Crippen molar-refractivity contribution >= 4 is 17.8 Å². The Morgan fingerprint density at radius 1 is 1.33 bits per heavy atom. The first kappa shape index (κ1) is 15.0. The molecule has 5 nitrogen and oxygen atoms in total. The summed E-state index contributed by atoms with van der Waals surface area (Å²) in [5, 5.41) is 0. The molecule has 1 heterocycles. The topological polar surface area (TPSA) is 63.7 Å². The van der Waals surface area contributed by atoms with Crippen LogP contribution in [0, 0.1) is 0 Å². The fraction of sp³-hybridized carbons (Fsp3) is 0.312. The number of ketones is 1. The van der Waals surface area contributed by atoms with Crippen LogP contribution in [0.15, 0.2) is 43.0 Å². The molecular weight excluding hydrogens is 270 g/mol. The van der Waals surface area contributed by atoms with Gasteiger partial charge < -0.3 is 9.53 Å². The van der Waals surface area contributed by atoms with Crippen LogP contribution in [0.25, 0.3) is 0 Å². The lowest BCUT2D eigenvalue weighted by Crippen LogP contribution is -2.39. The molecular formula is C16H17NO4. The molecule has 0 aromatic heterocycles. The molecule has 5 heteroatoms. The first-order chi connectivity index (χ1) is 10.0. The van der Waals surface area contributed by atoms with Crippen molar-refractivity contribution in [3.8, 4) is 0 Å². The number of imide groups is 1. The van der Waals surface area contributed by atoms with Crippen LogP contribution < -0.4 is 0 Å². The normalized spacial score (nSPS) is 21.3. The molecule has 110 valence electrons. The Bertz CT molecular complexity index is 581. The highest BCUT2D eigenvalue weighted by atomic mass is 16.6. The van der Waals surface area contributed by atoms with Gasteiger partial charge in [-0.15, -0.1) is 6.58 Å². The van der Waals surface area contributed by atoms with Gasteiger partial charge in [0.15, 0.2) is 0 Å². The molecule has 0 radical (unpaired) electrons.